The van der Waals surface area contributed by atoms with Crippen LogP contribution < -0.4 is 17.1 Å². The molecule has 9 nitrogen and oxygen atoms in total. The number of aromatic nitrogens is 3. The predicted molar refractivity (Wildman–Crippen MR) is 74.3 cm³/mol. The summed E-state index contributed by atoms with van der Waals surface area (Å²) in [6, 6.07) is 0. The molecule has 0 spiro atoms. The van der Waals surface area contributed by atoms with Crippen molar-refractivity contribution in [2.75, 3.05) is 0 Å². The SMILES string of the molecule is CC(O)Cn1c(=O)n(CC(C)O)c(=O)n(C[C@H](C)O)c1=O. The Bertz CT molecular complexity index is 532. The highest BCUT2D eigenvalue weighted by molar-refractivity contribution is 4.81. The summed E-state index contributed by atoms with van der Waals surface area (Å²) in [7, 11) is 0. The Labute approximate surface area is 120 Å². The van der Waals surface area contributed by atoms with E-state index in [9.17, 15) is 29.7 Å². The molecule has 120 valence electrons. The second kappa shape index (κ2) is 6.83. The summed E-state index contributed by atoms with van der Waals surface area (Å²) in [5.74, 6) is 0. The van der Waals surface area contributed by atoms with Crippen LogP contribution in [0.5, 0.6) is 0 Å². The van der Waals surface area contributed by atoms with Gasteiger partial charge in [0, 0.05) is 0 Å². The maximum absolute atomic E-state index is 12.1. The van der Waals surface area contributed by atoms with Gasteiger partial charge in [-0.05, 0) is 20.8 Å². The molecule has 21 heavy (non-hydrogen) atoms. The smallest absolute Gasteiger partial charge is 0.336 e. The van der Waals surface area contributed by atoms with Crippen molar-refractivity contribution in [3.63, 3.8) is 0 Å². The fourth-order valence-corrected chi connectivity index (χ4v) is 1.94. The van der Waals surface area contributed by atoms with Crippen LogP contribution in [-0.2, 0) is 19.6 Å². The van der Waals surface area contributed by atoms with E-state index in [2.05, 4.69) is 0 Å². The van der Waals surface area contributed by atoms with E-state index < -0.39 is 35.4 Å². The largest absolute Gasteiger partial charge is 0.392 e. The average Bonchev–Trinajstić information content (AvgIpc) is 2.35. The van der Waals surface area contributed by atoms with Crippen LogP contribution in [0.2, 0.25) is 0 Å². The zero-order chi connectivity index (χ0) is 16.3. The topological polar surface area (TPSA) is 127 Å². The number of aliphatic hydroxyl groups is 3. The minimum atomic E-state index is -0.965. The minimum absolute atomic E-state index is 0.280. The van der Waals surface area contributed by atoms with Crippen molar-refractivity contribution in [1.82, 2.24) is 13.7 Å². The molecule has 0 bridgehead atoms. The van der Waals surface area contributed by atoms with E-state index in [4.69, 9.17) is 0 Å². The van der Waals surface area contributed by atoms with Gasteiger partial charge in [-0.15, -0.1) is 0 Å². The Morgan fingerprint density at radius 3 is 1.00 bits per heavy atom. The first-order chi connectivity index (χ1) is 9.65. The first-order valence-corrected chi connectivity index (χ1v) is 6.63. The lowest BCUT2D eigenvalue weighted by Crippen LogP contribution is -2.56. The van der Waals surface area contributed by atoms with Gasteiger partial charge >= 0.3 is 17.1 Å². The highest BCUT2D eigenvalue weighted by atomic mass is 16.3. The van der Waals surface area contributed by atoms with Crippen LogP contribution in [0.1, 0.15) is 20.8 Å². The van der Waals surface area contributed by atoms with E-state index in [1.54, 1.807) is 0 Å². The molecule has 0 aliphatic carbocycles. The molecule has 9 heteroatoms. The van der Waals surface area contributed by atoms with Crippen molar-refractivity contribution in [3.8, 4) is 0 Å². The van der Waals surface area contributed by atoms with Crippen LogP contribution in [0, 0.1) is 0 Å². The minimum Gasteiger partial charge on any atom is -0.392 e. The molecule has 0 radical (unpaired) electrons. The summed E-state index contributed by atoms with van der Waals surface area (Å²) in [5.41, 5.74) is -2.68. The summed E-state index contributed by atoms with van der Waals surface area (Å²) in [6.07, 6.45) is -2.89. The van der Waals surface area contributed by atoms with Gasteiger partial charge in [0.25, 0.3) is 0 Å². The van der Waals surface area contributed by atoms with E-state index in [1.165, 1.54) is 20.8 Å². The normalized spacial score (nSPS) is 15.7. The van der Waals surface area contributed by atoms with Crippen LogP contribution in [0.4, 0.5) is 0 Å². The highest BCUT2D eigenvalue weighted by Gasteiger charge is 2.18. The van der Waals surface area contributed by atoms with Crippen molar-refractivity contribution in [2.24, 2.45) is 0 Å². The second-order valence-corrected chi connectivity index (χ2v) is 5.23. The number of hydrogen-bond acceptors (Lipinski definition) is 6. The molecular formula is C12H21N3O6. The van der Waals surface area contributed by atoms with Crippen LogP contribution in [0.15, 0.2) is 14.4 Å². The van der Waals surface area contributed by atoms with Crippen LogP contribution in [-0.4, -0.2) is 47.3 Å². The number of nitrogens with zero attached hydrogens (tertiary/aromatic N) is 3. The third-order valence-electron chi connectivity index (χ3n) is 2.73. The number of aliphatic hydroxyl groups excluding tert-OH is 3. The lowest BCUT2D eigenvalue weighted by molar-refractivity contribution is 0.146. The van der Waals surface area contributed by atoms with Gasteiger partial charge in [-0.1, -0.05) is 0 Å². The second-order valence-electron chi connectivity index (χ2n) is 5.23. The summed E-state index contributed by atoms with van der Waals surface area (Å²) in [6.45, 7) is 3.35. The summed E-state index contributed by atoms with van der Waals surface area (Å²) in [4.78, 5) is 36.4. The maximum atomic E-state index is 12.1. The molecular weight excluding hydrogens is 282 g/mol. The molecule has 0 saturated carbocycles. The quantitative estimate of drug-likeness (QED) is 0.525. The summed E-state index contributed by atoms with van der Waals surface area (Å²) < 4.78 is 2.16. The molecule has 0 amide bonds. The monoisotopic (exact) mass is 303 g/mol. The Balaban J connectivity index is 3.62. The molecule has 0 fully saturated rings. The first-order valence-electron chi connectivity index (χ1n) is 6.63. The molecule has 0 aliphatic rings. The van der Waals surface area contributed by atoms with Gasteiger partial charge in [-0.25, -0.2) is 28.1 Å². The van der Waals surface area contributed by atoms with Crippen molar-refractivity contribution < 1.29 is 15.3 Å². The van der Waals surface area contributed by atoms with Crippen molar-refractivity contribution >= 4 is 0 Å². The Kier molecular flexibility index (Phi) is 5.64. The molecule has 0 saturated heterocycles. The molecule has 1 aromatic heterocycles. The third kappa shape index (κ3) is 4.13. The van der Waals surface area contributed by atoms with Crippen molar-refractivity contribution in [2.45, 2.75) is 58.7 Å². The Morgan fingerprint density at radius 1 is 0.667 bits per heavy atom. The Hall–Kier alpha value is -1.71. The molecule has 0 aromatic carbocycles. The zero-order valence-electron chi connectivity index (χ0n) is 12.3. The fraction of sp³-hybridized carbons (Fsp3) is 0.750. The fourth-order valence-electron chi connectivity index (χ4n) is 1.94. The van der Waals surface area contributed by atoms with Gasteiger partial charge in [-0.2, -0.15) is 0 Å². The average molecular weight is 303 g/mol. The molecule has 3 N–H and O–H groups in total. The highest BCUT2D eigenvalue weighted by Crippen LogP contribution is 1.88. The summed E-state index contributed by atoms with van der Waals surface area (Å²) in [5, 5.41) is 28.1. The van der Waals surface area contributed by atoms with Crippen molar-refractivity contribution in [1.29, 1.82) is 0 Å². The maximum Gasteiger partial charge on any atom is 0.336 e. The lowest BCUT2D eigenvalue weighted by Gasteiger charge is -2.16. The van der Waals surface area contributed by atoms with E-state index >= 15 is 0 Å². The van der Waals surface area contributed by atoms with Crippen LogP contribution >= 0.6 is 0 Å². The number of rotatable bonds is 6. The molecule has 2 unspecified atom stereocenters. The molecule has 1 rings (SSSR count). The third-order valence-corrected chi connectivity index (χ3v) is 2.73. The predicted octanol–water partition coefficient (Wildman–Crippen LogP) is -2.69. The zero-order valence-corrected chi connectivity index (χ0v) is 12.3. The van der Waals surface area contributed by atoms with Gasteiger partial charge in [0.05, 0.1) is 37.9 Å². The van der Waals surface area contributed by atoms with Crippen LogP contribution in [0.25, 0.3) is 0 Å². The lowest BCUT2D eigenvalue weighted by atomic mass is 10.4. The summed E-state index contributed by atoms with van der Waals surface area (Å²) >= 11 is 0. The van der Waals surface area contributed by atoms with Gasteiger partial charge < -0.3 is 15.3 Å². The molecule has 0 aliphatic heterocycles. The molecule has 1 aromatic rings. The van der Waals surface area contributed by atoms with Gasteiger partial charge in [-0.3, -0.25) is 0 Å². The van der Waals surface area contributed by atoms with Crippen molar-refractivity contribution in [3.05, 3.63) is 31.5 Å². The van der Waals surface area contributed by atoms with Crippen LogP contribution in [0.3, 0.4) is 0 Å². The number of hydrogen-bond donors (Lipinski definition) is 3. The Morgan fingerprint density at radius 2 is 0.857 bits per heavy atom. The van der Waals surface area contributed by atoms with Gasteiger partial charge in [0.1, 0.15) is 0 Å². The molecule has 3 atom stereocenters. The van der Waals surface area contributed by atoms with E-state index in [0.717, 1.165) is 13.7 Å². The van der Waals surface area contributed by atoms with Gasteiger partial charge in [0.15, 0.2) is 0 Å². The van der Waals surface area contributed by atoms with E-state index in [0.29, 0.717) is 0 Å². The standard InChI is InChI=1S/C12H21N3O6/c1-7(16)4-13-10(19)14(5-8(2)17)12(21)15(11(13)20)6-9(3)18/h7-9,16-18H,4-6H2,1-3H3/t7-,8?,9?/m0/s1. The van der Waals surface area contributed by atoms with E-state index in [1.807, 2.05) is 0 Å². The van der Waals surface area contributed by atoms with Gasteiger partial charge in [0.2, 0.25) is 0 Å². The first kappa shape index (κ1) is 17.3. The molecule has 1 heterocycles. The van der Waals surface area contributed by atoms with E-state index in [-0.39, 0.29) is 19.6 Å².